The third-order valence-corrected chi connectivity index (χ3v) is 4.98. The maximum absolute atomic E-state index is 12.4. The maximum atomic E-state index is 12.4. The molecule has 98 valence electrons. The van der Waals surface area contributed by atoms with Crippen molar-refractivity contribution >= 4 is 17.2 Å². The molecule has 18 heavy (non-hydrogen) atoms. The minimum atomic E-state index is 0.301. The molecule has 2 aliphatic heterocycles. The molecule has 0 aliphatic carbocycles. The van der Waals surface area contributed by atoms with Gasteiger partial charge >= 0.3 is 0 Å². The lowest BCUT2D eigenvalue weighted by atomic mass is 9.99. The van der Waals surface area contributed by atoms with Gasteiger partial charge in [0.2, 0.25) is 5.91 Å². The Balaban J connectivity index is 1.68. The standard InChI is InChI=1S/C14H19NO2S/c1-17-13-7-11-2-3-12(8-13)15(11)14(16)6-10-4-5-18-9-10/h4-5,9,11-13H,2-3,6-8H2,1H3. The zero-order valence-electron chi connectivity index (χ0n) is 10.7. The Labute approximate surface area is 112 Å². The second kappa shape index (κ2) is 5.02. The van der Waals surface area contributed by atoms with Crippen LogP contribution in [0.3, 0.4) is 0 Å². The second-order valence-corrected chi connectivity index (χ2v) is 6.10. The molecule has 1 amide bonds. The summed E-state index contributed by atoms with van der Waals surface area (Å²) in [6.45, 7) is 0. The van der Waals surface area contributed by atoms with Gasteiger partial charge in [-0.05, 0) is 48.1 Å². The van der Waals surface area contributed by atoms with Gasteiger partial charge in [0.05, 0.1) is 12.5 Å². The van der Waals surface area contributed by atoms with Crippen LogP contribution >= 0.6 is 11.3 Å². The summed E-state index contributed by atoms with van der Waals surface area (Å²) in [5.41, 5.74) is 1.15. The number of methoxy groups -OCH3 is 1. The van der Waals surface area contributed by atoms with Crippen LogP contribution in [0.4, 0.5) is 0 Å². The molecule has 3 nitrogen and oxygen atoms in total. The summed E-state index contributed by atoms with van der Waals surface area (Å²) in [5.74, 6) is 0.301. The van der Waals surface area contributed by atoms with Crippen molar-refractivity contribution < 1.29 is 9.53 Å². The van der Waals surface area contributed by atoms with E-state index >= 15 is 0 Å². The molecule has 2 aliphatic rings. The summed E-state index contributed by atoms with van der Waals surface area (Å²) >= 11 is 1.66. The number of ether oxygens (including phenoxy) is 1. The lowest BCUT2D eigenvalue weighted by molar-refractivity contribution is -0.137. The van der Waals surface area contributed by atoms with Gasteiger partial charge in [-0.3, -0.25) is 4.79 Å². The van der Waals surface area contributed by atoms with E-state index in [1.54, 1.807) is 18.4 Å². The average molecular weight is 265 g/mol. The smallest absolute Gasteiger partial charge is 0.227 e. The highest BCUT2D eigenvalue weighted by molar-refractivity contribution is 7.07. The zero-order valence-corrected chi connectivity index (χ0v) is 11.5. The van der Waals surface area contributed by atoms with Crippen LogP contribution in [-0.2, 0) is 16.0 Å². The van der Waals surface area contributed by atoms with Crippen LogP contribution in [0.15, 0.2) is 16.8 Å². The van der Waals surface area contributed by atoms with Crippen LogP contribution in [0.25, 0.3) is 0 Å². The number of amides is 1. The highest BCUT2D eigenvalue weighted by Gasteiger charge is 2.42. The number of thiophene rings is 1. The molecule has 2 atom stereocenters. The summed E-state index contributed by atoms with van der Waals surface area (Å²) in [5, 5.41) is 4.11. The number of carbonyl (C=O) groups excluding carboxylic acids is 1. The van der Waals surface area contributed by atoms with E-state index in [-0.39, 0.29) is 0 Å². The van der Waals surface area contributed by atoms with E-state index in [9.17, 15) is 4.79 Å². The number of hydrogen-bond donors (Lipinski definition) is 0. The molecule has 0 spiro atoms. The molecule has 2 unspecified atom stereocenters. The van der Waals surface area contributed by atoms with Gasteiger partial charge in [-0.15, -0.1) is 0 Å². The van der Waals surface area contributed by atoms with Gasteiger partial charge in [-0.2, -0.15) is 11.3 Å². The third-order valence-electron chi connectivity index (χ3n) is 4.25. The molecule has 3 heterocycles. The van der Waals surface area contributed by atoms with Crippen molar-refractivity contribution in [3.8, 4) is 0 Å². The summed E-state index contributed by atoms with van der Waals surface area (Å²) in [7, 11) is 1.78. The molecule has 0 N–H and O–H groups in total. The van der Waals surface area contributed by atoms with Gasteiger partial charge in [0, 0.05) is 19.2 Å². The molecule has 2 fully saturated rings. The van der Waals surface area contributed by atoms with E-state index < -0.39 is 0 Å². The van der Waals surface area contributed by atoms with Crippen molar-refractivity contribution in [2.24, 2.45) is 0 Å². The molecule has 1 aromatic heterocycles. The zero-order chi connectivity index (χ0) is 12.5. The minimum Gasteiger partial charge on any atom is -0.381 e. The maximum Gasteiger partial charge on any atom is 0.227 e. The number of carbonyl (C=O) groups is 1. The Kier molecular flexibility index (Phi) is 3.39. The van der Waals surface area contributed by atoms with Crippen molar-refractivity contribution in [2.75, 3.05) is 7.11 Å². The second-order valence-electron chi connectivity index (χ2n) is 5.32. The van der Waals surface area contributed by atoms with E-state index in [1.165, 1.54) is 0 Å². The molecule has 3 rings (SSSR count). The first-order valence-electron chi connectivity index (χ1n) is 6.63. The Morgan fingerprint density at radius 3 is 2.72 bits per heavy atom. The molecular weight excluding hydrogens is 246 g/mol. The van der Waals surface area contributed by atoms with Gasteiger partial charge in [0.25, 0.3) is 0 Å². The summed E-state index contributed by atoms with van der Waals surface area (Å²) in [6, 6.07) is 2.88. The van der Waals surface area contributed by atoms with E-state index in [0.717, 1.165) is 31.2 Å². The van der Waals surface area contributed by atoms with E-state index in [2.05, 4.69) is 10.3 Å². The number of fused-ring (bicyclic) bond motifs is 2. The van der Waals surface area contributed by atoms with Gasteiger partial charge in [-0.1, -0.05) is 0 Å². The number of hydrogen-bond acceptors (Lipinski definition) is 3. The molecule has 4 heteroatoms. The molecular formula is C14H19NO2S. The highest BCUT2D eigenvalue weighted by atomic mass is 32.1. The molecule has 0 saturated carbocycles. The summed E-state index contributed by atoms with van der Waals surface area (Å²) < 4.78 is 5.47. The van der Waals surface area contributed by atoms with E-state index in [0.29, 0.717) is 30.5 Å². The minimum absolute atomic E-state index is 0.301. The van der Waals surface area contributed by atoms with Crippen molar-refractivity contribution in [2.45, 2.75) is 50.3 Å². The van der Waals surface area contributed by atoms with Gasteiger partial charge < -0.3 is 9.64 Å². The van der Waals surface area contributed by atoms with Crippen LogP contribution < -0.4 is 0 Å². The van der Waals surface area contributed by atoms with Crippen LogP contribution in [0, 0.1) is 0 Å². The fraction of sp³-hybridized carbons (Fsp3) is 0.643. The lowest BCUT2D eigenvalue weighted by Crippen LogP contribution is -2.48. The fourth-order valence-electron chi connectivity index (χ4n) is 3.39. The largest absolute Gasteiger partial charge is 0.381 e. The molecule has 0 aromatic carbocycles. The third kappa shape index (κ3) is 2.19. The van der Waals surface area contributed by atoms with Crippen LogP contribution in [0.2, 0.25) is 0 Å². The van der Waals surface area contributed by atoms with Crippen molar-refractivity contribution in [1.82, 2.24) is 4.90 Å². The summed E-state index contributed by atoms with van der Waals surface area (Å²) in [4.78, 5) is 14.6. The number of rotatable bonds is 3. The quantitative estimate of drug-likeness (QED) is 0.840. The summed E-state index contributed by atoms with van der Waals surface area (Å²) in [6.07, 6.45) is 5.26. The van der Waals surface area contributed by atoms with E-state index in [4.69, 9.17) is 4.74 Å². The Morgan fingerprint density at radius 2 is 2.17 bits per heavy atom. The monoisotopic (exact) mass is 265 g/mol. The Bertz CT molecular complexity index is 403. The molecule has 1 aromatic rings. The first-order chi connectivity index (χ1) is 8.78. The molecule has 0 radical (unpaired) electrons. The van der Waals surface area contributed by atoms with Gasteiger partial charge in [-0.25, -0.2) is 0 Å². The normalized spacial score (nSPS) is 30.7. The van der Waals surface area contributed by atoms with Crippen molar-refractivity contribution in [3.63, 3.8) is 0 Å². The van der Waals surface area contributed by atoms with Gasteiger partial charge in [0.1, 0.15) is 0 Å². The van der Waals surface area contributed by atoms with Crippen molar-refractivity contribution in [3.05, 3.63) is 22.4 Å². The highest BCUT2D eigenvalue weighted by Crippen LogP contribution is 2.37. The van der Waals surface area contributed by atoms with Crippen LogP contribution in [0.5, 0.6) is 0 Å². The Hall–Kier alpha value is -0.870. The average Bonchev–Trinajstić information content (AvgIpc) is 2.95. The molecule has 2 saturated heterocycles. The first kappa shape index (κ1) is 12.2. The topological polar surface area (TPSA) is 29.5 Å². The lowest BCUT2D eigenvalue weighted by Gasteiger charge is -2.38. The first-order valence-corrected chi connectivity index (χ1v) is 7.57. The SMILES string of the molecule is COC1CC2CCC(C1)N2C(=O)Cc1ccsc1. The molecule has 2 bridgehead atoms. The number of nitrogens with zero attached hydrogens (tertiary/aromatic N) is 1. The fourth-order valence-corrected chi connectivity index (χ4v) is 4.05. The predicted octanol–water partition coefficient (Wildman–Crippen LogP) is 2.46. The van der Waals surface area contributed by atoms with E-state index in [1.807, 2.05) is 11.4 Å². The van der Waals surface area contributed by atoms with Crippen molar-refractivity contribution in [1.29, 1.82) is 0 Å². The van der Waals surface area contributed by atoms with Gasteiger partial charge in [0.15, 0.2) is 0 Å². The predicted molar refractivity (Wildman–Crippen MR) is 71.7 cm³/mol. The number of piperidine rings is 1. The Morgan fingerprint density at radius 1 is 1.44 bits per heavy atom. The van der Waals surface area contributed by atoms with Crippen LogP contribution in [0.1, 0.15) is 31.2 Å². The van der Waals surface area contributed by atoms with Crippen LogP contribution in [-0.4, -0.2) is 36.1 Å².